The molecule has 0 unspecified atom stereocenters. The molecule has 14 heavy (non-hydrogen) atoms. The van der Waals surface area contributed by atoms with Crippen LogP contribution in [0.1, 0.15) is 17.7 Å². The third-order valence-electron chi connectivity index (χ3n) is 1.57. The number of hydrogen-bond donors (Lipinski definition) is 1. The van der Waals surface area contributed by atoms with Gasteiger partial charge in [-0.15, -0.1) is 0 Å². The highest BCUT2D eigenvalue weighted by atomic mass is 35.5. The number of aromatic nitrogens is 1. The smallest absolute Gasteiger partial charge is 0.278 e. The lowest BCUT2D eigenvalue weighted by atomic mass is 10.2. The van der Waals surface area contributed by atoms with Crippen molar-refractivity contribution in [2.45, 2.75) is 12.8 Å². The zero-order valence-corrected chi connectivity index (χ0v) is 7.61. The summed E-state index contributed by atoms with van der Waals surface area (Å²) in [5, 5.41) is 8.14. The van der Waals surface area contributed by atoms with E-state index in [-0.39, 0.29) is 17.0 Å². The zero-order valence-electron chi connectivity index (χ0n) is 6.85. The van der Waals surface area contributed by atoms with E-state index in [4.69, 9.17) is 16.9 Å². The molecule has 0 atom stereocenters. The largest absolute Gasteiger partial charge is 0.320 e. The third-order valence-corrected chi connectivity index (χ3v) is 1.99. The first-order valence-electron chi connectivity index (χ1n) is 3.63. The minimum atomic E-state index is -2.78. The summed E-state index contributed by atoms with van der Waals surface area (Å²) in [7, 11) is 0. The Kier molecular flexibility index (Phi) is 3.20. The Morgan fingerprint density at radius 2 is 2.29 bits per heavy atom. The number of aromatic amines is 1. The van der Waals surface area contributed by atoms with Crippen molar-refractivity contribution in [3.63, 3.8) is 0 Å². The zero-order chi connectivity index (χ0) is 10.7. The Labute approximate surface area is 82.9 Å². The molecule has 0 saturated carbocycles. The number of hydrogen-bond acceptors (Lipinski definition) is 2. The van der Waals surface area contributed by atoms with Crippen molar-refractivity contribution in [1.82, 2.24) is 4.98 Å². The molecule has 3 nitrogen and oxygen atoms in total. The van der Waals surface area contributed by atoms with Crippen molar-refractivity contribution >= 4 is 11.6 Å². The second kappa shape index (κ2) is 4.20. The quantitative estimate of drug-likeness (QED) is 0.826. The van der Waals surface area contributed by atoms with Crippen molar-refractivity contribution in [2.24, 2.45) is 0 Å². The number of nitriles is 1. The Morgan fingerprint density at radius 3 is 2.79 bits per heavy atom. The van der Waals surface area contributed by atoms with E-state index < -0.39 is 17.7 Å². The highest BCUT2D eigenvalue weighted by Gasteiger charge is 2.13. The second-order valence-corrected chi connectivity index (χ2v) is 2.91. The second-order valence-electron chi connectivity index (χ2n) is 2.53. The first-order valence-corrected chi connectivity index (χ1v) is 4.00. The summed E-state index contributed by atoms with van der Waals surface area (Å²) in [6, 6.07) is 2.76. The number of nitrogens with one attached hydrogen (secondary N) is 1. The standard InChI is InChI=1S/C8H5ClF2N2O/c9-6-4(1-2-12)3-5(7(10)11)13-8(6)14/h3,7H,1H2,(H,13,14). The van der Waals surface area contributed by atoms with Crippen molar-refractivity contribution < 1.29 is 8.78 Å². The fraction of sp³-hybridized carbons (Fsp3) is 0.250. The summed E-state index contributed by atoms with van der Waals surface area (Å²) in [5.74, 6) is 0. The fourth-order valence-corrected chi connectivity index (χ4v) is 1.12. The van der Waals surface area contributed by atoms with Gasteiger partial charge >= 0.3 is 0 Å². The van der Waals surface area contributed by atoms with Gasteiger partial charge in [0, 0.05) is 0 Å². The molecule has 0 amide bonds. The maximum atomic E-state index is 12.2. The Morgan fingerprint density at radius 1 is 1.64 bits per heavy atom. The molecule has 1 aromatic heterocycles. The lowest BCUT2D eigenvalue weighted by molar-refractivity contribution is 0.145. The van der Waals surface area contributed by atoms with E-state index in [0.29, 0.717) is 0 Å². The predicted molar refractivity (Wildman–Crippen MR) is 46.3 cm³/mol. The summed E-state index contributed by atoms with van der Waals surface area (Å²) in [6.07, 6.45) is -2.94. The monoisotopic (exact) mass is 218 g/mol. The molecule has 0 aliphatic heterocycles. The predicted octanol–water partition coefficient (Wildman–Crippen LogP) is 2.03. The number of rotatable bonds is 2. The average molecular weight is 219 g/mol. The van der Waals surface area contributed by atoms with Crippen LogP contribution in [0, 0.1) is 11.3 Å². The third kappa shape index (κ3) is 2.09. The summed E-state index contributed by atoms with van der Waals surface area (Å²) in [6.45, 7) is 0. The van der Waals surface area contributed by atoms with Gasteiger partial charge in [0.2, 0.25) is 0 Å². The van der Waals surface area contributed by atoms with Gasteiger partial charge in [0.15, 0.2) is 0 Å². The number of pyridine rings is 1. The molecule has 1 aromatic rings. The van der Waals surface area contributed by atoms with Crippen LogP contribution in [0.15, 0.2) is 10.9 Å². The van der Waals surface area contributed by atoms with E-state index in [9.17, 15) is 13.6 Å². The van der Waals surface area contributed by atoms with Crippen molar-refractivity contribution in [1.29, 1.82) is 5.26 Å². The van der Waals surface area contributed by atoms with Gasteiger partial charge in [-0.05, 0) is 11.6 Å². The Bertz CT molecular complexity index is 436. The minimum absolute atomic E-state index is 0.119. The molecule has 0 spiro atoms. The van der Waals surface area contributed by atoms with Crippen LogP contribution in [0.25, 0.3) is 0 Å². The molecular weight excluding hydrogens is 214 g/mol. The van der Waals surface area contributed by atoms with Gasteiger partial charge in [-0.3, -0.25) is 4.79 Å². The number of H-pyrrole nitrogens is 1. The molecule has 0 fully saturated rings. The SMILES string of the molecule is N#CCc1cc(C(F)F)[nH]c(=O)c1Cl. The van der Waals surface area contributed by atoms with E-state index >= 15 is 0 Å². The van der Waals surface area contributed by atoms with Crippen LogP contribution in [0.4, 0.5) is 8.78 Å². The molecule has 0 aliphatic rings. The maximum Gasteiger partial charge on any atom is 0.278 e. The Balaban J connectivity index is 3.30. The van der Waals surface area contributed by atoms with Gasteiger partial charge in [0.05, 0.1) is 18.2 Å². The van der Waals surface area contributed by atoms with Crippen LogP contribution in [0.3, 0.4) is 0 Å². The average Bonchev–Trinajstić information content (AvgIpc) is 2.12. The summed E-state index contributed by atoms with van der Waals surface area (Å²) in [5.41, 5.74) is -1.20. The van der Waals surface area contributed by atoms with E-state index in [1.54, 1.807) is 6.07 Å². The van der Waals surface area contributed by atoms with Crippen LogP contribution in [0.5, 0.6) is 0 Å². The van der Waals surface area contributed by atoms with Crippen LogP contribution in [0.2, 0.25) is 5.02 Å². The van der Waals surface area contributed by atoms with Gasteiger partial charge in [0.25, 0.3) is 12.0 Å². The summed E-state index contributed by atoms with van der Waals surface area (Å²) >= 11 is 5.51. The van der Waals surface area contributed by atoms with Crippen LogP contribution >= 0.6 is 11.6 Å². The number of nitrogens with zero attached hydrogens (tertiary/aromatic N) is 1. The lowest BCUT2D eigenvalue weighted by Crippen LogP contribution is -2.12. The molecule has 0 aliphatic carbocycles. The van der Waals surface area contributed by atoms with E-state index in [2.05, 4.69) is 0 Å². The van der Waals surface area contributed by atoms with Crippen molar-refractivity contribution in [3.8, 4) is 6.07 Å². The number of halogens is 3. The maximum absolute atomic E-state index is 12.2. The molecule has 0 saturated heterocycles. The van der Waals surface area contributed by atoms with Gasteiger partial charge in [-0.25, -0.2) is 8.78 Å². The highest BCUT2D eigenvalue weighted by molar-refractivity contribution is 6.31. The van der Waals surface area contributed by atoms with Crippen molar-refractivity contribution in [2.75, 3.05) is 0 Å². The molecular formula is C8H5ClF2N2O. The summed E-state index contributed by atoms with van der Waals surface area (Å²) < 4.78 is 24.4. The van der Waals surface area contributed by atoms with Crippen LogP contribution in [-0.2, 0) is 6.42 Å². The fourth-order valence-electron chi connectivity index (χ4n) is 0.950. The minimum Gasteiger partial charge on any atom is -0.320 e. The molecule has 0 radical (unpaired) electrons. The highest BCUT2D eigenvalue weighted by Crippen LogP contribution is 2.19. The van der Waals surface area contributed by atoms with E-state index in [1.807, 2.05) is 4.98 Å². The first kappa shape index (κ1) is 10.7. The molecule has 1 N–H and O–H groups in total. The molecule has 6 heteroatoms. The summed E-state index contributed by atoms with van der Waals surface area (Å²) in [4.78, 5) is 12.9. The van der Waals surface area contributed by atoms with Gasteiger partial charge in [-0.1, -0.05) is 11.6 Å². The number of alkyl halides is 2. The first-order chi connectivity index (χ1) is 6.56. The lowest BCUT2D eigenvalue weighted by Gasteiger charge is -2.03. The van der Waals surface area contributed by atoms with Gasteiger partial charge < -0.3 is 4.98 Å². The van der Waals surface area contributed by atoms with Crippen molar-refractivity contribution in [3.05, 3.63) is 32.7 Å². The topological polar surface area (TPSA) is 56.6 Å². The molecule has 0 aromatic carbocycles. The van der Waals surface area contributed by atoms with Crippen LogP contribution < -0.4 is 5.56 Å². The molecule has 0 bridgehead atoms. The van der Waals surface area contributed by atoms with Gasteiger partial charge in [0.1, 0.15) is 5.02 Å². The van der Waals surface area contributed by atoms with E-state index in [1.165, 1.54) is 0 Å². The molecule has 1 rings (SSSR count). The van der Waals surface area contributed by atoms with Crippen LogP contribution in [-0.4, -0.2) is 4.98 Å². The molecule has 1 heterocycles. The molecule has 74 valence electrons. The van der Waals surface area contributed by atoms with Gasteiger partial charge in [-0.2, -0.15) is 5.26 Å². The van der Waals surface area contributed by atoms with E-state index in [0.717, 1.165) is 6.07 Å². The normalized spacial score (nSPS) is 10.2. The Hall–Kier alpha value is -1.41.